The van der Waals surface area contributed by atoms with Crippen LogP contribution in [0.5, 0.6) is 0 Å². The van der Waals surface area contributed by atoms with Gasteiger partial charge in [-0.05, 0) is 50.1 Å². The van der Waals surface area contributed by atoms with Crippen LogP contribution in [0.15, 0.2) is 42.5 Å². The van der Waals surface area contributed by atoms with E-state index in [-0.39, 0.29) is 11.8 Å². The van der Waals surface area contributed by atoms with E-state index in [0.717, 1.165) is 42.7 Å². The molecule has 0 unspecified atom stereocenters. The van der Waals surface area contributed by atoms with Crippen LogP contribution in [0.4, 0.5) is 5.69 Å². The zero-order chi connectivity index (χ0) is 17.8. The molecular formula is C20H22Cl2N2O. The van der Waals surface area contributed by atoms with E-state index in [2.05, 4.69) is 10.2 Å². The van der Waals surface area contributed by atoms with Gasteiger partial charge in [0.2, 0.25) is 5.91 Å². The number of amides is 1. The Balaban J connectivity index is 1.65. The number of benzene rings is 2. The van der Waals surface area contributed by atoms with Gasteiger partial charge in [-0.2, -0.15) is 0 Å². The van der Waals surface area contributed by atoms with Crippen LogP contribution in [-0.2, 0) is 11.3 Å². The molecule has 0 aromatic heterocycles. The molecule has 1 heterocycles. The van der Waals surface area contributed by atoms with E-state index in [1.54, 1.807) is 0 Å². The average molecular weight is 377 g/mol. The van der Waals surface area contributed by atoms with Crippen molar-refractivity contribution in [3.63, 3.8) is 0 Å². The minimum Gasteiger partial charge on any atom is -0.326 e. The topological polar surface area (TPSA) is 32.3 Å². The second-order valence-electron chi connectivity index (χ2n) is 6.58. The van der Waals surface area contributed by atoms with E-state index in [1.807, 2.05) is 49.4 Å². The SMILES string of the molecule is Cc1ccccc1NC(=O)[C@H]1CCCN(Cc2c(Cl)cccc2Cl)C1. The van der Waals surface area contributed by atoms with Crippen LogP contribution in [0.1, 0.15) is 24.0 Å². The predicted molar refractivity (Wildman–Crippen MR) is 104 cm³/mol. The Kier molecular flexibility index (Phi) is 6.00. The Morgan fingerprint density at radius 2 is 1.88 bits per heavy atom. The molecule has 5 heteroatoms. The van der Waals surface area contributed by atoms with E-state index >= 15 is 0 Å². The molecule has 0 radical (unpaired) electrons. The van der Waals surface area contributed by atoms with Gasteiger partial charge in [-0.1, -0.05) is 47.5 Å². The van der Waals surface area contributed by atoms with Gasteiger partial charge < -0.3 is 5.32 Å². The minimum absolute atomic E-state index is 0.0189. The van der Waals surface area contributed by atoms with Crippen molar-refractivity contribution in [2.45, 2.75) is 26.3 Å². The van der Waals surface area contributed by atoms with Crippen molar-refractivity contribution in [2.24, 2.45) is 5.92 Å². The lowest BCUT2D eigenvalue weighted by Crippen LogP contribution is -2.40. The van der Waals surface area contributed by atoms with Crippen molar-refractivity contribution in [1.82, 2.24) is 4.90 Å². The Morgan fingerprint density at radius 1 is 1.16 bits per heavy atom. The summed E-state index contributed by atoms with van der Waals surface area (Å²) in [4.78, 5) is 14.9. The van der Waals surface area contributed by atoms with Crippen LogP contribution in [0.2, 0.25) is 10.0 Å². The highest BCUT2D eigenvalue weighted by atomic mass is 35.5. The fourth-order valence-electron chi connectivity index (χ4n) is 3.27. The molecule has 0 spiro atoms. The van der Waals surface area contributed by atoms with Gasteiger partial charge in [0.15, 0.2) is 0 Å². The second kappa shape index (κ2) is 8.22. The summed E-state index contributed by atoms with van der Waals surface area (Å²) in [5.41, 5.74) is 2.90. The molecule has 0 saturated carbocycles. The summed E-state index contributed by atoms with van der Waals surface area (Å²) in [6, 6.07) is 13.4. The van der Waals surface area contributed by atoms with Crippen LogP contribution >= 0.6 is 23.2 Å². The first-order valence-corrected chi connectivity index (χ1v) is 9.32. The lowest BCUT2D eigenvalue weighted by atomic mass is 9.96. The average Bonchev–Trinajstić information content (AvgIpc) is 2.60. The lowest BCUT2D eigenvalue weighted by molar-refractivity contribution is -0.121. The highest BCUT2D eigenvalue weighted by Gasteiger charge is 2.26. The maximum atomic E-state index is 12.7. The molecule has 132 valence electrons. The molecule has 0 aliphatic carbocycles. The fraction of sp³-hybridized carbons (Fsp3) is 0.350. The zero-order valence-electron chi connectivity index (χ0n) is 14.3. The predicted octanol–water partition coefficient (Wildman–Crippen LogP) is 5.15. The number of anilines is 1. The third kappa shape index (κ3) is 4.55. The maximum absolute atomic E-state index is 12.7. The number of para-hydroxylation sites is 1. The van der Waals surface area contributed by atoms with E-state index in [1.165, 1.54) is 0 Å². The number of hydrogen-bond donors (Lipinski definition) is 1. The molecule has 2 aromatic carbocycles. The second-order valence-corrected chi connectivity index (χ2v) is 7.39. The number of nitrogens with zero attached hydrogens (tertiary/aromatic N) is 1. The molecule has 1 fully saturated rings. The molecular weight excluding hydrogens is 355 g/mol. The fourth-order valence-corrected chi connectivity index (χ4v) is 3.79. The Morgan fingerprint density at radius 3 is 2.60 bits per heavy atom. The molecule has 1 amide bonds. The number of aryl methyl sites for hydroxylation is 1. The molecule has 1 saturated heterocycles. The van der Waals surface area contributed by atoms with Gasteiger partial charge in [0.25, 0.3) is 0 Å². The summed E-state index contributed by atoms with van der Waals surface area (Å²) >= 11 is 12.6. The molecule has 25 heavy (non-hydrogen) atoms. The number of carbonyl (C=O) groups excluding carboxylic acids is 1. The van der Waals surface area contributed by atoms with Crippen molar-refractivity contribution in [3.05, 3.63) is 63.6 Å². The number of nitrogens with one attached hydrogen (secondary N) is 1. The Hall–Kier alpha value is -1.55. The van der Waals surface area contributed by atoms with E-state index in [0.29, 0.717) is 16.6 Å². The van der Waals surface area contributed by atoms with Crippen molar-refractivity contribution in [2.75, 3.05) is 18.4 Å². The molecule has 1 aliphatic heterocycles. The maximum Gasteiger partial charge on any atom is 0.228 e. The number of rotatable bonds is 4. The van der Waals surface area contributed by atoms with Crippen LogP contribution in [0.25, 0.3) is 0 Å². The van der Waals surface area contributed by atoms with E-state index in [4.69, 9.17) is 23.2 Å². The summed E-state index contributed by atoms with van der Waals surface area (Å²) < 4.78 is 0. The van der Waals surface area contributed by atoms with Gasteiger partial charge in [-0.3, -0.25) is 9.69 Å². The third-order valence-electron chi connectivity index (χ3n) is 4.72. The summed E-state index contributed by atoms with van der Waals surface area (Å²) in [7, 11) is 0. The Bertz CT molecular complexity index is 743. The van der Waals surface area contributed by atoms with Crippen LogP contribution in [-0.4, -0.2) is 23.9 Å². The van der Waals surface area contributed by atoms with Crippen molar-refractivity contribution in [3.8, 4) is 0 Å². The van der Waals surface area contributed by atoms with Gasteiger partial charge in [-0.25, -0.2) is 0 Å². The molecule has 1 aliphatic rings. The molecule has 2 aromatic rings. The standard InChI is InChI=1S/C20H22Cl2N2O/c1-14-6-2-3-10-19(14)23-20(25)15-7-5-11-24(12-15)13-16-17(21)8-4-9-18(16)22/h2-4,6,8-10,15H,5,7,11-13H2,1H3,(H,23,25)/t15-/m0/s1. The monoisotopic (exact) mass is 376 g/mol. The van der Waals surface area contributed by atoms with Crippen molar-refractivity contribution < 1.29 is 4.79 Å². The van der Waals surface area contributed by atoms with Crippen molar-refractivity contribution in [1.29, 1.82) is 0 Å². The minimum atomic E-state index is -0.0189. The van der Waals surface area contributed by atoms with Gasteiger partial charge in [0, 0.05) is 34.4 Å². The lowest BCUT2D eigenvalue weighted by Gasteiger charge is -2.32. The Labute approximate surface area is 158 Å². The molecule has 1 N–H and O–H groups in total. The normalized spacial score (nSPS) is 18.1. The highest BCUT2D eigenvalue weighted by molar-refractivity contribution is 6.35. The van der Waals surface area contributed by atoms with Crippen LogP contribution in [0.3, 0.4) is 0 Å². The number of halogens is 2. The molecule has 0 bridgehead atoms. The number of hydrogen-bond acceptors (Lipinski definition) is 2. The molecule has 1 atom stereocenters. The first-order valence-electron chi connectivity index (χ1n) is 8.56. The largest absolute Gasteiger partial charge is 0.326 e. The van der Waals surface area contributed by atoms with Gasteiger partial charge in [-0.15, -0.1) is 0 Å². The quantitative estimate of drug-likeness (QED) is 0.799. The smallest absolute Gasteiger partial charge is 0.228 e. The summed E-state index contributed by atoms with van der Waals surface area (Å²) in [6.45, 7) is 4.35. The van der Waals surface area contributed by atoms with Crippen molar-refractivity contribution >= 4 is 34.8 Å². The zero-order valence-corrected chi connectivity index (χ0v) is 15.8. The third-order valence-corrected chi connectivity index (χ3v) is 5.43. The highest BCUT2D eigenvalue weighted by Crippen LogP contribution is 2.28. The first kappa shape index (κ1) is 18.2. The van der Waals surface area contributed by atoms with Gasteiger partial charge >= 0.3 is 0 Å². The first-order chi connectivity index (χ1) is 12.0. The van der Waals surface area contributed by atoms with Crippen LogP contribution < -0.4 is 5.32 Å². The van der Waals surface area contributed by atoms with E-state index in [9.17, 15) is 4.79 Å². The summed E-state index contributed by atoms with van der Waals surface area (Å²) in [5.74, 6) is 0.0684. The van der Waals surface area contributed by atoms with Gasteiger partial charge in [0.1, 0.15) is 0 Å². The summed E-state index contributed by atoms with van der Waals surface area (Å²) in [6.07, 6.45) is 1.90. The molecule has 3 nitrogen and oxygen atoms in total. The number of likely N-dealkylation sites (tertiary alicyclic amines) is 1. The van der Waals surface area contributed by atoms with Gasteiger partial charge in [0.05, 0.1) is 5.92 Å². The van der Waals surface area contributed by atoms with Crippen LogP contribution in [0, 0.1) is 12.8 Å². The molecule has 3 rings (SSSR count). The summed E-state index contributed by atoms with van der Waals surface area (Å²) in [5, 5.41) is 4.43. The number of piperidine rings is 1. The number of carbonyl (C=O) groups is 1. The van der Waals surface area contributed by atoms with E-state index < -0.39 is 0 Å².